The van der Waals surface area contributed by atoms with Crippen molar-refractivity contribution in [1.82, 2.24) is 0 Å². The van der Waals surface area contributed by atoms with E-state index < -0.39 is 74.0 Å². The van der Waals surface area contributed by atoms with Gasteiger partial charge in [0.25, 0.3) is 0 Å². The van der Waals surface area contributed by atoms with Gasteiger partial charge in [-0.3, -0.25) is 0 Å². The van der Waals surface area contributed by atoms with Crippen LogP contribution >= 0.6 is 0 Å². The van der Waals surface area contributed by atoms with Gasteiger partial charge in [-0.05, 0) is 0 Å². The molecule has 2 saturated heterocycles. The topological polar surface area (TPSA) is 180 Å². The number of rotatable bonds is 3. The highest BCUT2D eigenvalue weighted by Gasteiger charge is 2.62. The normalized spacial score (nSPS) is 54.9. The summed E-state index contributed by atoms with van der Waals surface area (Å²) >= 11 is 0. The maximum absolute atomic E-state index is 14.3. The van der Waals surface area contributed by atoms with Crippen LogP contribution in [0.3, 0.4) is 0 Å². The van der Waals surface area contributed by atoms with Gasteiger partial charge in [-0.2, -0.15) is 0 Å². The van der Waals surface area contributed by atoms with Crippen molar-refractivity contribution in [1.29, 1.82) is 0 Å². The first-order valence-electron chi connectivity index (χ1n) is 7.00. The number of hydrogen-bond acceptors (Lipinski definition) is 10. The average molecular weight is 344 g/mol. The molecule has 0 spiro atoms. The van der Waals surface area contributed by atoms with E-state index in [-0.39, 0.29) is 0 Å². The lowest BCUT2D eigenvalue weighted by atomic mass is 9.84. The van der Waals surface area contributed by atoms with E-state index in [4.69, 9.17) is 19.7 Å². The third-order valence-electron chi connectivity index (χ3n) is 4.25. The summed E-state index contributed by atoms with van der Waals surface area (Å²) in [6.07, 6.45) is -17.5. The van der Waals surface area contributed by atoms with Crippen LogP contribution in [-0.4, -0.2) is 115 Å². The van der Waals surface area contributed by atoms with Crippen molar-refractivity contribution in [3.63, 3.8) is 0 Å². The zero-order chi connectivity index (χ0) is 17.5. The molecule has 0 saturated carbocycles. The fourth-order valence-corrected chi connectivity index (χ4v) is 2.82. The van der Waals surface area contributed by atoms with Gasteiger partial charge in [-0.1, -0.05) is 0 Å². The summed E-state index contributed by atoms with van der Waals surface area (Å²) in [5.41, 5.74) is 0. The second kappa shape index (κ2) is 6.80. The fourth-order valence-electron chi connectivity index (χ4n) is 2.82. The molecule has 0 bridgehead atoms. The third-order valence-corrected chi connectivity index (χ3v) is 4.25. The summed E-state index contributed by atoms with van der Waals surface area (Å²) in [6, 6.07) is 0. The Bertz CT molecular complexity index is 409. The van der Waals surface area contributed by atoms with E-state index in [9.17, 15) is 35.0 Å². The zero-order valence-electron chi connectivity index (χ0n) is 11.9. The first kappa shape index (κ1) is 18.9. The largest absolute Gasteiger partial charge is 0.394 e. The Hall–Kier alpha value is -0.470. The number of alkyl halides is 1. The molecule has 2 aliphatic heterocycles. The van der Waals surface area contributed by atoms with Gasteiger partial charge in [0.15, 0.2) is 6.17 Å². The van der Waals surface area contributed by atoms with Gasteiger partial charge in [-0.15, -0.1) is 0 Å². The minimum Gasteiger partial charge on any atom is -0.394 e. The van der Waals surface area contributed by atoms with Crippen LogP contribution in [0.2, 0.25) is 0 Å². The van der Waals surface area contributed by atoms with Crippen molar-refractivity contribution in [2.45, 2.75) is 60.8 Å². The number of aliphatic hydroxyl groups is 8. The summed E-state index contributed by atoms with van der Waals surface area (Å²) < 4.78 is 24.2. The fraction of sp³-hybridized carbons (Fsp3) is 1.00. The number of ether oxygens (including phenoxy) is 2. The second-order valence-corrected chi connectivity index (χ2v) is 5.72. The Kier molecular flexibility index (Phi) is 5.58. The summed E-state index contributed by atoms with van der Waals surface area (Å²) in [4.78, 5) is 0. The molecule has 8 N–H and O–H groups in total. The van der Waals surface area contributed by atoms with Crippen LogP contribution in [0.15, 0.2) is 0 Å². The molecule has 2 fully saturated rings. The minimum atomic E-state index is -2.94. The Labute approximate surface area is 129 Å². The first-order valence-corrected chi connectivity index (χ1v) is 7.00. The van der Waals surface area contributed by atoms with Crippen LogP contribution < -0.4 is 0 Å². The molecular formula is C12H21FO10. The number of hydrogen-bond donors (Lipinski definition) is 8. The molecule has 0 amide bonds. The predicted octanol–water partition coefficient (Wildman–Crippen LogP) is -5.03. The van der Waals surface area contributed by atoms with E-state index >= 15 is 0 Å². The lowest BCUT2D eigenvalue weighted by Gasteiger charge is -2.52. The van der Waals surface area contributed by atoms with Crippen LogP contribution in [0.25, 0.3) is 0 Å². The smallest absolute Gasteiger partial charge is 0.225 e. The SMILES string of the molecule is OC[C@H]1O[C@@H]([C@@]2(O)O[C@H](CO)[C@@H](O)[C@H](O)[C@H]2O)[C@H](F)[C@@H](O)[C@H]1O. The maximum atomic E-state index is 14.3. The van der Waals surface area contributed by atoms with Crippen LogP contribution in [-0.2, 0) is 9.47 Å². The lowest BCUT2D eigenvalue weighted by Crippen LogP contribution is -2.74. The number of halogens is 1. The van der Waals surface area contributed by atoms with Gasteiger partial charge in [0.2, 0.25) is 5.79 Å². The van der Waals surface area contributed by atoms with Crippen molar-refractivity contribution in [2.75, 3.05) is 13.2 Å². The Balaban J connectivity index is 2.33. The molecule has 0 unspecified atom stereocenters. The van der Waals surface area contributed by atoms with Crippen LogP contribution in [0, 0.1) is 0 Å². The maximum Gasteiger partial charge on any atom is 0.225 e. The monoisotopic (exact) mass is 344 g/mol. The predicted molar refractivity (Wildman–Crippen MR) is 67.6 cm³/mol. The van der Waals surface area contributed by atoms with E-state index in [2.05, 4.69) is 0 Å². The van der Waals surface area contributed by atoms with Crippen molar-refractivity contribution in [3.8, 4) is 0 Å². The van der Waals surface area contributed by atoms with Crippen LogP contribution in [0.1, 0.15) is 0 Å². The number of aliphatic hydroxyl groups excluding tert-OH is 7. The van der Waals surface area contributed by atoms with E-state index in [1.54, 1.807) is 0 Å². The molecule has 10 nitrogen and oxygen atoms in total. The molecule has 2 heterocycles. The molecular weight excluding hydrogens is 323 g/mol. The van der Waals surface area contributed by atoms with Crippen molar-refractivity contribution < 1.29 is 54.7 Å². The molecule has 11 heteroatoms. The van der Waals surface area contributed by atoms with Gasteiger partial charge in [-0.25, -0.2) is 4.39 Å². The summed E-state index contributed by atoms with van der Waals surface area (Å²) in [5.74, 6) is -2.94. The van der Waals surface area contributed by atoms with Crippen molar-refractivity contribution >= 4 is 0 Å². The van der Waals surface area contributed by atoms with Crippen molar-refractivity contribution in [3.05, 3.63) is 0 Å². The third kappa shape index (κ3) is 2.98. The van der Waals surface area contributed by atoms with E-state index in [1.807, 2.05) is 0 Å². The lowest BCUT2D eigenvalue weighted by molar-refractivity contribution is -0.402. The Morgan fingerprint density at radius 3 is 1.87 bits per heavy atom. The molecule has 0 aromatic heterocycles. The highest BCUT2D eigenvalue weighted by molar-refractivity contribution is 5.06. The quantitative estimate of drug-likeness (QED) is 0.247. The van der Waals surface area contributed by atoms with Crippen LogP contribution in [0.5, 0.6) is 0 Å². The molecule has 23 heavy (non-hydrogen) atoms. The summed E-state index contributed by atoms with van der Waals surface area (Å²) in [7, 11) is 0. The summed E-state index contributed by atoms with van der Waals surface area (Å²) in [5, 5.41) is 77.2. The Morgan fingerprint density at radius 2 is 1.35 bits per heavy atom. The molecule has 10 atom stereocenters. The van der Waals surface area contributed by atoms with E-state index in [0.717, 1.165) is 0 Å². The highest BCUT2D eigenvalue weighted by Crippen LogP contribution is 2.38. The van der Waals surface area contributed by atoms with Crippen LogP contribution in [0.4, 0.5) is 4.39 Å². The second-order valence-electron chi connectivity index (χ2n) is 5.72. The molecule has 2 rings (SSSR count). The zero-order valence-corrected chi connectivity index (χ0v) is 11.9. The molecule has 0 radical (unpaired) electrons. The Morgan fingerprint density at radius 1 is 0.826 bits per heavy atom. The molecule has 0 aliphatic carbocycles. The first-order chi connectivity index (χ1) is 10.7. The average Bonchev–Trinajstić information content (AvgIpc) is 2.54. The van der Waals surface area contributed by atoms with Gasteiger partial charge in [0.1, 0.15) is 48.8 Å². The molecule has 0 aromatic carbocycles. The highest BCUT2D eigenvalue weighted by atomic mass is 19.1. The molecule has 2 aliphatic rings. The standard InChI is InChI=1S/C12H21FO10/c13-5-8(18)6(16)3(1-14)22-11(5)12(21)10(20)9(19)7(17)4(2-15)23-12/h3-11,14-21H,1-2H2/t3-,4-,5-,6+,7-,8-,9+,10-,11-,12+/m1/s1. The van der Waals surface area contributed by atoms with Gasteiger partial charge < -0.3 is 50.3 Å². The van der Waals surface area contributed by atoms with E-state index in [1.165, 1.54) is 0 Å². The summed E-state index contributed by atoms with van der Waals surface area (Å²) in [6.45, 7) is -1.70. The van der Waals surface area contributed by atoms with Crippen molar-refractivity contribution in [2.24, 2.45) is 0 Å². The van der Waals surface area contributed by atoms with E-state index in [0.29, 0.717) is 0 Å². The molecule has 136 valence electrons. The van der Waals surface area contributed by atoms with Gasteiger partial charge >= 0.3 is 0 Å². The minimum absolute atomic E-state index is 0.831. The van der Waals surface area contributed by atoms with Gasteiger partial charge in [0.05, 0.1) is 13.2 Å². The molecule has 0 aromatic rings. The van der Waals surface area contributed by atoms with Gasteiger partial charge in [0, 0.05) is 0 Å².